The highest BCUT2D eigenvalue weighted by Gasteiger charge is 2.41. The number of carbonyl (C=O) groups excluding carboxylic acids is 1. The van der Waals surface area contributed by atoms with Crippen molar-refractivity contribution in [2.24, 2.45) is 5.10 Å². The Kier molecular flexibility index (Phi) is 7.06. The molecule has 12 heteroatoms. The number of carbonyl (C=O) groups is 1. The molecule has 0 aliphatic rings. The van der Waals surface area contributed by atoms with Gasteiger partial charge >= 0.3 is 28.3 Å². The van der Waals surface area contributed by atoms with Crippen LogP contribution >= 0.6 is 0 Å². The largest absolute Gasteiger partial charge is 0.471 e. The zero-order valence-corrected chi connectivity index (χ0v) is 15.9. The maximum absolute atomic E-state index is 12.8. The fraction of sp³-hybridized carbons (Fsp3) is 0.467. The second-order valence-corrected chi connectivity index (χ2v) is 7.94. The predicted octanol–water partition coefficient (Wildman–Crippen LogP) is 2.98. The first-order valence-electron chi connectivity index (χ1n) is 7.52. The van der Waals surface area contributed by atoms with Gasteiger partial charge in [-0.2, -0.15) is 21.6 Å². The number of anilines is 1. The molecule has 1 amide bonds. The normalized spacial score (nSPS) is 13.1. The van der Waals surface area contributed by atoms with Crippen molar-refractivity contribution in [3.63, 3.8) is 0 Å². The topological polar surface area (TPSA) is 106 Å². The van der Waals surface area contributed by atoms with Crippen molar-refractivity contribution in [1.82, 2.24) is 5.32 Å². The third-order valence-corrected chi connectivity index (χ3v) is 2.98. The molecule has 0 aromatic heterocycles. The van der Waals surface area contributed by atoms with Crippen molar-refractivity contribution >= 4 is 27.8 Å². The van der Waals surface area contributed by atoms with E-state index >= 15 is 0 Å². The monoisotopic (exact) mass is 411 g/mol. The molecule has 152 valence electrons. The minimum absolute atomic E-state index is 0.0557. The lowest BCUT2D eigenvalue weighted by molar-refractivity contribution is -0.0707. The maximum atomic E-state index is 12.8. The molecule has 0 fully saturated rings. The van der Waals surface area contributed by atoms with Crippen molar-refractivity contribution in [3.05, 3.63) is 29.8 Å². The fourth-order valence-corrected chi connectivity index (χ4v) is 2.05. The van der Waals surface area contributed by atoms with Crippen LogP contribution in [0, 0.1) is 0 Å². The summed E-state index contributed by atoms with van der Waals surface area (Å²) in [6.07, 6.45) is -5.29. The van der Waals surface area contributed by atoms with E-state index in [4.69, 9.17) is 4.74 Å². The highest BCUT2D eigenvalue weighted by Crippen LogP contribution is 2.20. The number of benzene rings is 1. The Morgan fingerprint density at radius 2 is 1.85 bits per heavy atom. The number of nitrogens with one attached hydrogen (secondary N) is 2. The van der Waals surface area contributed by atoms with Crippen LogP contribution < -0.4 is 10.7 Å². The maximum Gasteiger partial charge on any atom is 0.471 e. The Morgan fingerprint density at radius 1 is 1.22 bits per heavy atom. The Balaban J connectivity index is 2.82. The van der Waals surface area contributed by atoms with E-state index in [1.165, 1.54) is 18.2 Å². The van der Waals surface area contributed by atoms with Crippen LogP contribution in [-0.2, 0) is 25.6 Å². The fourth-order valence-electron chi connectivity index (χ4n) is 1.63. The van der Waals surface area contributed by atoms with Crippen LogP contribution in [0.1, 0.15) is 26.3 Å². The summed E-state index contributed by atoms with van der Waals surface area (Å²) in [5.74, 6) is -1.96. The molecule has 0 bridgehead atoms. The van der Waals surface area contributed by atoms with Gasteiger partial charge in [-0.15, -0.1) is 5.10 Å². The number of amides is 1. The average Bonchev–Trinajstić information content (AvgIpc) is 2.46. The standard InChI is InChI=1S/C15H20F3N3O5S/c1-14(2,3)25-13(22)19-9-10-6-5-7-11(8-10)20-21-12(15(16,17)18)26-27(4,23)24/h5-8,20H,9H2,1-4H3,(H,19,22). The Labute approximate surface area is 154 Å². The third-order valence-electron chi connectivity index (χ3n) is 2.52. The van der Waals surface area contributed by atoms with Crippen LogP contribution in [0.2, 0.25) is 0 Å². The molecule has 0 aliphatic carbocycles. The average molecular weight is 411 g/mol. The number of hydrogen-bond donors (Lipinski definition) is 2. The van der Waals surface area contributed by atoms with Gasteiger partial charge in [0.1, 0.15) is 5.60 Å². The van der Waals surface area contributed by atoms with E-state index in [1.54, 1.807) is 26.8 Å². The minimum atomic E-state index is -5.11. The highest BCUT2D eigenvalue weighted by molar-refractivity contribution is 7.86. The lowest BCUT2D eigenvalue weighted by atomic mass is 10.2. The lowest BCUT2D eigenvalue weighted by Gasteiger charge is -2.19. The van der Waals surface area contributed by atoms with Crippen LogP contribution in [0.5, 0.6) is 0 Å². The number of halogens is 3. The zero-order chi connectivity index (χ0) is 20.9. The highest BCUT2D eigenvalue weighted by atomic mass is 32.2. The Bertz CT molecular complexity index is 802. The number of hydrazone groups is 1. The lowest BCUT2D eigenvalue weighted by Crippen LogP contribution is -2.32. The number of nitrogens with zero attached hydrogens (tertiary/aromatic N) is 1. The van der Waals surface area contributed by atoms with E-state index in [2.05, 4.69) is 20.0 Å². The molecular weight excluding hydrogens is 391 g/mol. The number of alkyl halides is 3. The summed E-state index contributed by atoms with van der Waals surface area (Å²) in [4.78, 5) is 11.6. The second kappa shape index (κ2) is 8.46. The van der Waals surface area contributed by atoms with E-state index in [0.717, 1.165) is 0 Å². The molecular formula is C15H20F3N3O5S. The molecule has 0 unspecified atom stereocenters. The van der Waals surface area contributed by atoms with Gasteiger partial charge in [-0.05, 0) is 38.5 Å². The van der Waals surface area contributed by atoms with Crippen LogP contribution in [0.15, 0.2) is 29.4 Å². The van der Waals surface area contributed by atoms with Crippen molar-refractivity contribution < 1.29 is 35.3 Å². The van der Waals surface area contributed by atoms with E-state index < -0.39 is 33.9 Å². The molecule has 0 saturated carbocycles. The van der Waals surface area contributed by atoms with Gasteiger partial charge in [0, 0.05) is 6.54 Å². The van der Waals surface area contributed by atoms with Crippen LogP contribution in [0.25, 0.3) is 0 Å². The molecule has 0 atom stereocenters. The first-order chi connectivity index (χ1) is 12.2. The first kappa shape index (κ1) is 22.5. The molecule has 0 saturated heterocycles. The van der Waals surface area contributed by atoms with Gasteiger partial charge in [-0.3, -0.25) is 5.43 Å². The Morgan fingerprint density at radius 3 is 2.37 bits per heavy atom. The van der Waals surface area contributed by atoms with Gasteiger partial charge in [0.25, 0.3) is 0 Å². The molecule has 2 N–H and O–H groups in total. The van der Waals surface area contributed by atoms with Crippen LogP contribution in [0.4, 0.5) is 23.7 Å². The molecule has 8 nitrogen and oxygen atoms in total. The van der Waals surface area contributed by atoms with Crippen molar-refractivity contribution in [2.75, 3.05) is 11.7 Å². The smallest absolute Gasteiger partial charge is 0.444 e. The molecule has 1 aromatic rings. The van der Waals surface area contributed by atoms with Gasteiger partial charge in [-0.25, -0.2) is 4.79 Å². The van der Waals surface area contributed by atoms with E-state index in [-0.39, 0.29) is 12.2 Å². The molecule has 0 heterocycles. The second-order valence-electron chi connectivity index (χ2n) is 6.37. The SMILES string of the molecule is CC(C)(C)OC(=O)NCc1cccc(NN=C(OS(C)(=O)=O)C(F)(F)F)c1. The van der Waals surface area contributed by atoms with E-state index in [9.17, 15) is 26.4 Å². The van der Waals surface area contributed by atoms with Gasteiger partial charge < -0.3 is 14.2 Å². The summed E-state index contributed by atoms with van der Waals surface area (Å²) in [6, 6.07) is 5.93. The van der Waals surface area contributed by atoms with Crippen LogP contribution in [-0.4, -0.2) is 38.4 Å². The molecule has 0 aliphatic heterocycles. The summed E-state index contributed by atoms with van der Waals surface area (Å²) in [6.45, 7) is 5.16. The summed E-state index contributed by atoms with van der Waals surface area (Å²) >= 11 is 0. The van der Waals surface area contributed by atoms with Crippen molar-refractivity contribution in [1.29, 1.82) is 0 Å². The van der Waals surface area contributed by atoms with Gasteiger partial charge in [-0.1, -0.05) is 12.1 Å². The quantitative estimate of drug-likeness (QED) is 0.334. The number of ether oxygens (including phenoxy) is 1. The molecule has 1 rings (SSSR count). The number of rotatable bonds is 5. The predicted molar refractivity (Wildman–Crippen MR) is 92.6 cm³/mol. The zero-order valence-electron chi connectivity index (χ0n) is 15.0. The van der Waals surface area contributed by atoms with Crippen molar-refractivity contribution in [2.45, 2.75) is 39.1 Å². The van der Waals surface area contributed by atoms with Gasteiger partial charge in [0.2, 0.25) is 0 Å². The molecule has 27 heavy (non-hydrogen) atoms. The van der Waals surface area contributed by atoms with Gasteiger partial charge in [0.05, 0.1) is 11.9 Å². The first-order valence-corrected chi connectivity index (χ1v) is 9.33. The molecule has 0 spiro atoms. The minimum Gasteiger partial charge on any atom is -0.444 e. The summed E-state index contributed by atoms with van der Waals surface area (Å²) in [7, 11) is -4.40. The van der Waals surface area contributed by atoms with E-state index in [1.807, 2.05) is 0 Å². The van der Waals surface area contributed by atoms with Gasteiger partial charge in [0.15, 0.2) is 0 Å². The summed E-state index contributed by atoms with van der Waals surface area (Å²) in [5, 5.41) is 5.46. The molecule has 1 aromatic carbocycles. The Hall–Kier alpha value is -2.50. The van der Waals surface area contributed by atoms with E-state index in [0.29, 0.717) is 11.8 Å². The number of alkyl carbamates (subject to hydrolysis) is 1. The number of hydrogen-bond acceptors (Lipinski definition) is 7. The summed E-state index contributed by atoms with van der Waals surface area (Å²) in [5.41, 5.74) is 2.07. The summed E-state index contributed by atoms with van der Waals surface area (Å²) < 4.78 is 69.0. The molecule has 0 radical (unpaired) electrons. The third kappa shape index (κ3) is 9.68. The van der Waals surface area contributed by atoms with Crippen molar-refractivity contribution in [3.8, 4) is 0 Å². The van der Waals surface area contributed by atoms with Crippen LogP contribution in [0.3, 0.4) is 0 Å².